The van der Waals surface area contributed by atoms with E-state index in [4.69, 9.17) is 0 Å². The van der Waals surface area contributed by atoms with Gasteiger partial charge in [-0.1, -0.05) is 26.8 Å². The Morgan fingerprint density at radius 3 is 2.80 bits per heavy atom. The molecule has 1 aromatic rings. The summed E-state index contributed by atoms with van der Waals surface area (Å²) in [5, 5.41) is 24.6. The number of fused-ring (bicyclic) bond motifs is 1. The zero-order chi connectivity index (χ0) is 21.6. The molecule has 9 heteroatoms. The maximum Gasteiger partial charge on any atom is 0.280 e. The Morgan fingerprint density at radius 2 is 2.17 bits per heavy atom. The van der Waals surface area contributed by atoms with E-state index in [1.807, 2.05) is 20.8 Å². The molecule has 30 heavy (non-hydrogen) atoms. The third kappa shape index (κ3) is 3.71. The van der Waals surface area contributed by atoms with Gasteiger partial charge in [-0.25, -0.2) is 15.4 Å². The maximum atomic E-state index is 13.2. The molecule has 0 radical (unpaired) electrons. The second-order valence-corrected chi connectivity index (χ2v) is 9.26. The van der Waals surface area contributed by atoms with Crippen LogP contribution >= 0.6 is 0 Å². The van der Waals surface area contributed by atoms with Gasteiger partial charge in [0, 0.05) is 30.8 Å². The van der Waals surface area contributed by atoms with Gasteiger partial charge < -0.3 is 15.3 Å². The van der Waals surface area contributed by atoms with E-state index in [0.717, 1.165) is 12.8 Å². The highest BCUT2D eigenvalue weighted by Crippen LogP contribution is 2.37. The highest BCUT2D eigenvalue weighted by atomic mass is 16.3. The molecule has 9 nitrogen and oxygen atoms in total. The van der Waals surface area contributed by atoms with Gasteiger partial charge in [0.1, 0.15) is 17.9 Å². The van der Waals surface area contributed by atoms with E-state index in [2.05, 4.69) is 21.8 Å². The standard InChI is InChI=1S/C21H26N6O3/c1-21(2,3)11-26-16-9-14(13-5-4-8-23-15(13)10-22)25-27(16)20(30)17(19(26)29)18(28)24-12-6-7-12/h4-5,8,12,14,16,25,29H,6-7,9,11H2,1-3H3,(H,24,28). The molecule has 3 heterocycles. The molecule has 158 valence electrons. The van der Waals surface area contributed by atoms with Crippen LogP contribution in [-0.2, 0) is 9.59 Å². The summed E-state index contributed by atoms with van der Waals surface area (Å²) in [6.07, 6.45) is 3.28. The Labute approximate surface area is 175 Å². The first kappa shape index (κ1) is 20.2. The summed E-state index contributed by atoms with van der Waals surface area (Å²) in [5.41, 5.74) is 3.68. The molecule has 4 rings (SSSR count). The molecular formula is C21H26N6O3. The molecule has 0 bridgehead atoms. The summed E-state index contributed by atoms with van der Waals surface area (Å²) in [4.78, 5) is 31.7. The van der Waals surface area contributed by atoms with Crippen LogP contribution in [0.15, 0.2) is 29.8 Å². The fraction of sp³-hybridized carbons (Fsp3) is 0.524. The predicted molar refractivity (Wildman–Crippen MR) is 107 cm³/mol. The number of carbonyl (C=O) groups excluding carboxylic acids is 2. The van der Waals surface area contributed by atoms with Crippen LogP contribution in [0.4, 0.5) is 0 Å². The number of amides is 2. The fourth-order valence-electron chi connectivity index (χ4n) is 3.95. The predicted octanol–water partition coefficient (Wildman–Crippen LogP) is 1.47. The highest BCUT2D eigenvalue weighted by molar-refractivity contribution is 6.19. The Bertz CT molecular complexity index is 956. The Kier molecular flexibility index (Phi) is 4.90. The fourth-order valence-corrected chi connectivity index (χ4v) is 3.95. The summed E-state index contributed by atoms with van der Waals surface area (Å²) < 4.78 is 0. The van der Waals surface area contributed by atoms with Crippen LogP contribution in [0, 0.1) is 16.7 Å². The lowest BCUT2D eigenvalue weighted by Crippen LogP contribution is -2.58. The highest BCUT2D eigenvalue weighted by Gasteiger charge is 2.49. The number of nitriles is 1. The zero-order valence-electron chi connectivity index (χ0n) is 17.3. The third-order valence-electron chi connectivity index (χ3n) is 5.43. The lowest BCUT2D eigenvalue weighted by Gasteiger charge is -2.42. The molecule has 2 atom stereocenters. The molecule has 1 saturated carbocycles. The first-order valence-corrected chi connectivity index (χ1v) is 10.1. The van der Waals surface area contributed by atoms with E-state index < -0.39 is 18.0 Å². The average molecular weight is 410 g/mol. The van der Waals surface area contributed by atoms with Gasteiger partial charge in [-0.3, -0.25) is 9.59 Å². The molecule has 2 fully saturated rings. The number of aliphatic hydroxyl groups excluding tert-OH is 1. The number of rotatable bonds is 4. The normalized spacial score (nSPS) is 24.0. The third-order valence-corrected chi connectivity index (χ3v) is 5.43. The molecule has 3 N–H and O–H groups in total. The summed E-state index contributed by atoms with van der Waals surface area (Å²) >= 11 is 0. The van der Waals surface area contributed by atoms with Gasteiger partial charge in [0.2, 0.25) is 5.88 Å². The number of carbonyl (C=O) groups is 2. The van der Waals surface area contributed by atoms with Crippen LogP contribution < -0.4 is 10.7 Å². The van der Waals surface area contributed by atoms with Crippen molar-refractivity contribution in [2.75, 3.05) is 6.54 Å². The van der Waals surface area contributed by atoms with Gasteiger partial charge in [-0.15, -0.1) is 0 Å². The quantitative estimate of drug-likeness (QED) is 0.643. The number of nitrogens with one attached hydrogen (secondary N) is 2. The summed E-state index contributed by atoms with van der Waals surface area (Å²) in [6.45, 7) is 6.53. The molecule has 1 saturated heterocycles. The summed E-state index contributed by atoms with van der Waals surface area (Å²) in [6, 6.07) is 5.35. The van der Waals surface area contributed by atoms with Gasteiger partial charge in [0.25, 0.3) is 11.8 Å². The van der Waals surface area contributed by atoms with Gasteiger partial charge >= 0.3 is 0 Å². The molecule has 0 spiro atoms. The first-order valence-electron chi connectivity index (χ1n) is 10.1. The number of hydrogen-bond donors (Lipinski definition) is 3. The number of hydrazine groups is 1. The van der Waals surface area contributed by atoms with Crippen LogP contribution in [0.5, 0.6) is 0 Å². The number of hydrogen-bond acceptors (Lipinski definition) is 7. The minimum atomic E-state index is -0.564. The van der Waals surface area contributed by atoms with Crippen molar-refractivity contribution in [1.29, 1.82) is 5.26 Å². The SMILES string of the molecule is CC(C)(C)CN1C(O)=C(C(=O)NC2CC2)C(=O)N2NC(c3cccnc3C#N)CC12. The lowest BCUT2D eigenvalue weighted by atomic mass is 9.94. The number of aliphatic hydroxyl groups is 1. The van der Waals surface area contributed by atoms with Gasteiger partial charge in [0.05, 0.1) is 6.04 Å². The largest absolute Gasteiger partial charge is 0.494 e. The van der Waals surface area contributed by atoms with Crippen LogP contribution in [0.3, 0.4) is 0 Å². The molecule has 1 aromatic heterocycles. The van der Waals surface area contributed by atoms with Crippen LogP contribution in [0.25, 0.3) is 0 Å². The second-order valence-electron chi connectivity index (χ2n) is 9.26. The van der Waals surface area contributed by atoms with Gasteiger partial charge in [-0.2, -0.15) is 5.26 Å². The summed E-state index contributed by atoms with van der Waals surface area (Å²) in [5.74, 6) is -1.41. The maximum absolute atomic E-state index is 13.2. The minimum Gasteiger partial charge on any atom is -0.494 e. The van der Waals surface area contributed by atoms with Crippen molar-refractivity contribution in [3.63, 3.8) is 0 Å². The van der Waals surface area contributed by atoms with Crippen LogP contribution in [0.1, 0.15) is 57.3 Å². The van der Waals surface area contributed by atoms with Gasteiger partial charge in [0.15, 0.2) is 5.57 Å². The van der Waals surface area contributed by atoms with E-state index in [1.165, 1.54) is 5.01 Å². The van der Waals surface area contributed by atoms with Crippen molar-refractivity contribution in [2.24, 2.45) is 5.41 Å². The van der Waals surface area contributed by atoms with E-state index in [-0.39, 0.29) is 34.6 Å². The molecule has 2 amide bonds. The minimum absolute atomic E-state index is 0.0623. The van der Waals surface area contributed by atoms with Crippen molar-refractivity contribution in [3.05, 3.63) is 41.0 Å². The molecule has 3 aliphatic rings. The van der Waals surface area contributed by atoms with Crippen molar-refractivity contribution in [1.82, 2.24) is 25.6 Å². The second kappa shape index (κ2) is 7.29. The Balaban J connectivity index is 1.69. The van der Waals surface area contributed by atoms with Crippen molar-refractivity contribution < 1.29 is 14.7 Å². The molecule has 0 aromatic carbocycles. The molecule has 2 unspecified atom stereocenters. The van der Waals surface area contributed by atoms with Crippen LogP contribution in [-0.4, -0.2) is 50.6 Å². The number of nitrogens with zero attached hydrogens (tertiary/aromatic N) is 4. The smallest absolute Gasteiger partial charge is 0.280 e. The first-order chi connectivity index (χ1) is 14.2. The molecular weight excluding hydrogens is 384 g/mol. The van der Waals surface area contributed by atoms with E-state index >= 15 is 0 Å². The molecule has 1 aliphatic carbocycles. The van der Waals surface area contributed by atoms with E-state index in [9.17, 15) is 20.0 Å². The zero-order valence-corrected chi connectivity index (χ0v) is 17.3. The number of aromatic nitrogens is 1. The van der Waals surface area contributed by atoms with Crippen LogP contribution in [0.2, 0.25) is 0 Å². The van der Waals surface area contributed by atoms with Crippen molar-refractivity contribution in [2.45, 2.75) is 58.3 Å². The topological polar surface area (TPSA) is 122 Å². The lowest BCUT2D eigenvalue weighted by molar-refractivity contribution is -0.142. The van der Waals surface area contributed by atoms with E-state index in [0.29, 0.717) is 18.5 Å². The Hall–Kier alpha value is -3.12. The molecule has 2 aliphatic heterocycles. The number of pyridine rings is 1. The Morgan fingerprint density at radius 1 is 1.43 bits per heavy atom. The average Bonchev–Trinajstić information content (AvgIpc) is 3.38. The summed E-state index contributed by atoms with van der Waals surface area (Å²) in [7, 11) is 0. The monoisotopic (exact) mass is 410 g/mol. The van der Waals surface area contributed by atoms with Gasteiger partial charge in [-0.05, 0) is 24.3 Å². The van der Waals surface area contributed by atoms with Crippen molar-refractivity contribution >= 4 is 11.8 Å². The van der Waals surface area contributed by atoms with E-state index in [1.54, 1.807) is 23.2 Å². The van der Waals surface area contributed by atoms with Crippen molar-refractivity contribution in [3.8, 4) is 6.07 Å².